The molecule has 0 unspecified atom stereocenters. The Morgan fingerprint density at radius 2 is 1.81 bits per heavy atom. The zero-order chi connectivity index (χ0) is 22.8. The van der Waals surface area contributed by atoms with Gasteiger partial charge in [0.2, 0.25) is 0 Å². The van der Waals surface area contributed by atoms with Gasteiger partial charge in [0.15, 0.2) is 0 Å². The summed E-state index contributed by atoms with van der Waals surface area (Å²) in [7, 11) is 1.60. The molecule has 0 fully saturated rings. The summed E-state index contributed by atoms with van der Waals surface area (Å²) in [6, 6.07) is 6.79. The fourth-order valence-corrected chi connectivity index (χ4v) is 3.26. The number of ether oxygens (including phenoxy) is 2. The Labute approximate surface area is 178 Å². The first-order chi connectivity index (χ1) is 14.6. The van der Waals surface area contributed by atoms with Gasteiger partial charge in [-0.1, -0.05) is 0 Å². The van der Waals surface area contributed by atoms with Gasteiger partial charge < -0.3 is 20.5 Å². The summed E-state index contributed by atoms with van der Waals surface area (Å²) in [6.07, 6.45) is -4.47. The van der Waals surface area contributed by atoms with Crippen LogP contribution in [0.3, 0.4) is 0 Å². The highest BCUT2D eigenvalue weighted by Gasteiger charge is 2.31. The molecular weight excluding hydrogens is 409 g/mol. The van der Waals surface area contributed by atoms with Gasteiger partial charge in [-0.2, -0.15) is 13.2 Å². The molecule has 1 aromatic heterocycles. The van der Waals surface area contributed by atoms with Gasteiger partial charge in [-0.15, -0.1) is 0 Å². The van der Waals surface area contributed by atoms with E-state index in [1.165, 1.54) is 6.07 Å². The molecule has 3 aromatic rings. The zero-order valence-electron chi connectivity index (χ0n) is 17.8. The molecule has 0 aliphatic heterocycles. The topological polar surface area (TPSA) is 82.3 Å². The number of fused-ring (bicyclic) bond motifs is 1. The van der Waals surface area contributed by atoms with Gasteiger partial charge in [-0.3, -0.25) is 0 Å². The summed E-state index contributed by atoms with van der Waals surface area (Å²) < 4.78 is 50.3. The van der Waals surface area contributed by atoms with E-state index in [0.717, 1.165) is 23.1 Å². The Bertz CT molecular complexity index is 1090. The number of nitrogen functional groups attached to an aromatic ring is 1. The van der Waals surface area contributed by atoms with Crippen molar-refractivity contribution in [2.45, 2.75) is 33.0 Å². The van der Waals surface area contributed by atoms with Crippen LogP contribution in [0.15, 0.2) is 30.3 Å². The van der Waals surface area contributed by atoms with E-state index in [2.05, 4.69) is 15.3 Å². The second kappa shape index (κ2) is 8.97. The van der Waals surface area contributed by atoms with Crippen molar-refractivity contribution in [3.05, 3.63) is 52.8 Å². The van der Waals surface area contributed by atoms with Crippen molar-refractivity contribution in [3.8, 4) is 5.75 Å². The number of aromatic nitrogens is 2. The Morgan fingerprint density at radius 3 is 2.48 bits per heavy atom. The second-order valence-corrected chi connectivity index (χ2v) is 7.35. The predicted molar refractivity (Wildman–Crippen MR) is 114 cm³/mol. The average molecular weight is 434 g/mol. The summed E-state index contributed by atoms with van der Waals surface area (Å²) in [4.78, 5) is 8.95. The molecule has 0 amide bonds. The lowest BCUT2D eigenvalue weighted by Crippen LogP contribution is -2.13. The van der Waals surface area contributed by atoms with E-state index < -0.39 is 17.8 Å². The second-order valence-electron chi connectivity index (χ2n) is 7.35. The van der Waals surface area contributed by atoms with Gasteiger partial charge in [0.1, 0.15) is 24.0 Å². The molecule has 31 heavy (non-hydrogen) atoms. The quantitative estimate of drug-likeness (QED) is 0.400. The number of rotatable bonds is 7. The van der Waals surface area contributed by atoms with Crippen molar-refractivity contribution >= 4 is 22.4 Å². The van der Waals surface area contributed by atoms with E-state index in [0.29, 0.717) is 41.7 Å². The van der Waals surface area contributed by atoms with Gasteiger partial charge in [0.05, 0.1) is 23.7 Å². The Morgan fingerprint density at radius 1 is 1.06 bits per heavy atom. The summed E-state index contributed by atoms with van der Waals surface area (Å²) in [5.74, 6) is 1.74. The molecule has 0 radical (unpaired) electrons. The molecule has 0 bridgehead atoms. The first kappa shape index (κ1) is 22.6. The first-order valence-corrected chi connectivity index (χ1v) is 9.73. The van der Waals surface area contributed by atoms with Crippen LogP contribution in [0.25, 0.3) is 10.9 Å². The first-order valence-electron chi connectivity index (χ1n) is 9.73. The fourth-order valence-electron chi connectivity index (χ4n) is 3.26. The maximum atomic E-state index is 13.2. The Hall–Kier alpha value is -3.07. The molecule has 0 spiro atoms. The van der Waals surface area contributed by atoms with Crippen LogP contribution in [0.1, 0.15) is 35.5 Å². The smallest absolute Gasteiger partial charge is 0.416 e. The number of nitrogens with two attached hydrogens (primary N) is 1. The molecule has 0 aliphatic carbocycles. The van der Waals surface area contributed by atoms with Crippen LogP contribution in [-0.4, -0.2) is 30.3 Å². The molecule has 3 rings (SSSR count). The van der Waals surface area contributed by atoms with E-state index in [-0.39, 0.29) is 5.69 Å². The van der Waals surface area contributed by atoms with Crippen LogP contribution in [0.4, 0.5) is 24.7 Å². The van der Waals surface area contributed by atoms with E-state index in [1.807, 2.05) is 19.1 Å². The number of nitrogens with one attached hydrogen (secondary N) is 1. The van der Waals surface area contributed by atoms with E-state index >= 15 is 0 Å². The molecule has 2 aromatic carbocycles. The third kappa shape index (κ3) is 5.35. The number of alkyl halides is 3. The predicted octanol–water partition coefficient (Wildman–Crippen LogP) is 5.05. The number of hydrogen-bond acceptors (Lipinski definition) is 6. The lowest BCUT2D eigenvalue weighted by atomic mass is 10.0. The number of methoxy groups -OCH3 is 1. The molecule has 166 valence electrons. The van der Waals surface area contributed by atoms with Crippen molar-refractivity contribution in [1.82, 2.24) is 9.97 Å². The minimum atomic E-state index is -4.47. The maximum Gasteiger partial charge on any atom is 0.416 e. The van der Waals surface area contributed by atoms with Crippen molar-refractivity contribution in [2.75, 3.05) is 31.4 Å². The van der Waals surface area contributed by atoms with E-state index in [4.69, 9.17) is 15.2 Å². The number of aryl methyl sites for hydroxylation is 2. The standard InChI is InChI=1S/C22H25F3N4O2/c1-12-7-18-19(11-20(12)31-6-5-30-4)28-14(3)29-21(18)27-13(2)15-8-16(22(23,24)25)10-17(26)9-15/h7-11,13H,5-6,26H2,1-4H3,(H,27,28,29)/t13-/m1/s1. The van der Waals surface area contributed by atoms with Crippen molar-refractivity contribution < 1.29 is 22.6 Å². The maximum absolute atomic E-state index is 13.2. The number of anilines is 2. The van der Waals surface area contributed by atoms with Gasteiger partial charge >= 0.3 is 6.18 Å². The van der Waals surface area contributed by atoms with Gasteiger partial charge in [0, 0.05) is 24.2 Å². The molecule has 3 N–H and O–H groups in total. The number of benzene rings is 2. The van der Waals surface area contributed by atoms with Gasteiger partial charge in [-0.25, -0.2) is 9.97 Å². The van der Waals surface area contributed by atoms with Crippen molar-refractivity contribution in [3.63, 3.8) is 0 Å². The summed E-state index contributed by atoms with van der Waals surface area (Å²) in [6.45, 7) is 6.29. The molecule has 1 heterocycles. The number of halogens is 3. The van der Waals surface area contributed by atoms with Gasteiger partial charge in [-0.05, 0) is 56.2 Å². The van der Waals surface area contributed by atoms with Crippen molar-refractivity contribution in [2.24, 2.45) is 0 Å². The molecule has 0 saturated heterocycles. The molecule has 0 saturated carbocycles. The van der Waals surface area contributed by atoms with Crippen molar-refractivity contribution in [1.29, 1.82) is 0 Å². The number of nitrogens with zero attached hydrogens (tertiary/aromatic N) is 2. The highest BCUT2D eigenvalue weighted by molar-refractivity contribution is 5.91. The molecule has 0 aliphatic rings. The largest absolute Gasteiger partial charge is 0.491 e. The molecular formula is C22H25F3N4O2. The van der Waals surface area contributed by atoms with E-state index in [9.17, 15) is 13.2 Å². The third-order valence-electron chi connectivity index (χ3n) is 4.81. The SMILES string of the molecule is COCCOc1cc2nc(C)nc(N[C@H](C)c3cc(N)cc(C(F)(F)F)c3)c2cc1C. The highest BCUT2D eigenvalue weighted by Crippen LogP contribution is 2.34. The van der Waals surface area contributed by atoms with Crippen LogP contribution in [0.5, 0.6) is 5.75 Å². The normalized spacial score (nSPS) is 12.7. The minimum absolute atomic E-state index is 0.0518. The molecule has 9 heteroatoms. The lowest BCUT2D eigenvalue weighted by molar-refractivity contribution is -0.137. The zero-order valence-corrected chi connectivity index (χ0v) is 17.8. The van der Waals surface area contributed by atoms with E-state index in [1.54, 1.807) is 21.0 Å². The van der Waals surface area contributed by atoms with Crippen LogP contribution < -0.4 is 15.8 Å². The average Bonchev–Trinajstić information content (AvgIpc) is 2.68. The Kier molecular flexibility index (Phi) is 6.54. The molecule has 6 nitrogen and oxygen atoms in total. The van der Waals surface area contributed by atoms with Crippen LogP contribution in [-0.2, 0) is 10.9 Å². The summed E-state index contributed by atoms with van der Waals surface area (Å²) in [5.41, 5.74) is 6.94. The molecule has 1 atom stereocenters. The van der Waals surface area contributed by atoms with Gasteiger partial charge in [0.25, 0.3) is 0 Å². The highest BCUT2D eigenvalue weighted by atomic mass is 19.4. The minimum Gasteiger partial charge on any atom is -0.491 e. The lowest BCUT2D eigenvalue weighted by Gasteiger charge is -2.19. The summed E-state index contributed by atoms with van der Waals surface area (Å²) >= 11 is 0. The third-order valence-corrected chi connectivity index (χ3v) is 4.81. The monoisotopic (exact) mass is 434 g/mol. The summed E-state index contributed by atoms with van der Waals surface area (Å²) in [5, 5.41) is 3.96. The van der Waals surface area contributed by atoms with Crippen LogP contribution >= 0.6 is 0 Å². The Balaban J connectivity index is 1.96. The van der Waals surface area contributed by atoms with Crippen LogP contribution in [0, 0.1) is 13.8 Å². The number of hydrogen-bond donors (Lipinski definition) is 2. The van der Waals surface area contributed by atoms with Crippen LogP contribution in [0.2, 0.25) is 0 Å². The fraction of sp³-hybridized carbons (Fsp3) is 0.364.